The molecule has 2 aliphatic rings. The number of nitrogens with zero attached hydrogens (tertiary/aromatic N) is 3. The van der Waals surface area contributed by atoms with Crippen LogP contribution in [-0.4, -0.2) is 52.8 Å². The van der Waals surface area contributed by atoms with E-state index in [2.05, 4.69) is 17.1 Å². The van der Waals surface area contributed by atoms with Crippen molar-refractivity contribution in [2.24, 2.45) is 0 Å². The Morgan fingerprint density at radius 2 is 1.58 bits per heavy atom. The first-order valence-corrected chi connectivity index (χ1v) is 13.0. The van der Waals surface area contributed by atoms with Gasteiger partial charge in [0.15, 0.2) is 0 Å². The van der Waals surface area contributed by atoms with Crippen LogP contribution in [0, 0.1) is 0 Å². The maximum atomic E-state index is 11.2. The standard InChI is InChI=1S/C24H36N4O2S/c1-2-3-17-26-19-14-21(15-20-26)25-16-9-18-27-23-12-7-8-13-24(23)28(31(27,29)30)22-10-5-4-6-11-22/h4-8,10-13,21,25,29-30H,2-3,9,14-20H2,1H3. The molecule has 2 aromatic carbocycles. The van der Waals surface area contributed by atoms with Crippen LogP contribution in [0.4, 0.5) is 17.1 Å². The van der Waals surface area contributed by atoms with Gasteiger partial charge >= 0.3 is 0 Å². The molecule has 0 saturated carbocycles. The number of hydrogen-bond donors (Lipinski definition) is 3. The molecule has 2 aliphatic heterocycles. The molecule has 0 atom stereocenters. The summed E-state index contributed by atoms with van der Waals surface area (Å²) in [6.45, 7) is 7.34. The Bertz CT molecular complexity index is 827. The highest BCUT2D eigenvalue weighted by atomic mass is 32.3. The number of para-hydroxylation sites is 3. The highest BCUT2D eigenvalue weighted by Gasteiger charge is 2.41. The van der Waals surface area contributed by atoms with E-state index in [9.17, 15) is 9.11 Å². The number of benzene rings is 2. The van der Waals surface area contributed by atoms with Gasteiger partial charge in [0.1, 0.15) is 0 Å². The fraction of sp³-hybridized carbons (Fsp3) is 0.500. The Labute approximate surface area is 188 Å². The van der Waals surface area contributed by atoms with E-state index in [0.717, 1.165) is 30.0 Å². The van der Waals surface area contributed by atoms with Gasteiger partial charge < -0.3 is 10.2 Å². The van der Waals surface area contributed by atoms with Gasteiger partial charge in [-0.2, -0.15) is 0 Å². The number of anilines is 3. The van der Waals surface area contributed by atoms with Gasteiger partial charge in [0, 0.05) is 12.6 Å². The smallest absolute Gasteiger partial charge is 0.0896 e. The molecule has 1 fully saturated rings. The largest absolute Gasteiger partial charge is 0.314 e. The van der Waals surface area contributed by atoms with E-state index < -0.39 is 11.0 Å². The molecule has 7 heteroatoms. The Morgan fingerprint density at radius 1 is 0.903 bits per heavy atom. The zero-order chi connectivity index (χ0) is 21.7. The number of rotatable bonds is 9. The van der Waals surface area contributed by atoms with E-state index in [-0.39, 0.29) is 0 Å². The van der Waals surface area contributed by atoms with Crippen molar-refractivity contribution in [3.05, 3.63) is 54.6 Å². The summed E-state index contributed by atoms with van der Waals surface area (Å²) >= 11 is 0. The van der Waals surface area contributed by atoms with Crippen LogP contribution in [0.3, 0.4) is 0 Å². The van der Waals surface area contributed by atoms with Crippen molar-refractivity contribution in [3.8, 4) is 0 Å². The maximum absolute atomic E-state index is 11.2. The first kappa shape index (κ1) is 22.4. The Morgan fingerprint density at radius 3 is 2.29 bits per heavy atom. The van der Waals surface area contributed by atoms with Crippen LogP contribution in [0.5, 0.6) is 0 Å². The second kappa shape index (κ2) is 10.2. The Kier molecular flexibility index (Phi) is 7.40. The number of fused-ring (bicyclic) bond motifs is 1. The highest BCUT2D eigenvalue weighted by molar-refractivity contribution is 8.27. The predicted molar refractivity (Wildman–Crippen MR) is 132 cm³/mol. The molecule has 0 spiro atoms. The molecule has 2 heterocycles. The van der Waals surface area contributed by atoms with Gasteiger partial charge in [0.2, 0.25) is 0 Å². The van der Waals surface area contributed by atoms with Gasteiger partial charge in [-0.1, -0.05) is 43.7 Å². The number of likely N-dealkylation sites (tertiary alicyclic amines) is 1. The lowest BCUT2D eigenvalue weighted by Gasteiger charge is -2.44. The van der Waals surface area contributed by atoms with Gasteiger partial charge in [-0.25, -0.2) is 4.31 Å². The van der Waals surface area contributed by atoms with Gasteiger partial charge in [0.25, 0.3) is 0 Å². The molecule has 6 nitrogen and oxygen atoms in total. The lowest BCUT2D eigenvalue weighted by atomic mass is 10.0. The summed E-state index contributed by atoms with van der Waals surface area (Å²) < 4.78 is 25.9. The maximum Gasteiger partial charge on any atom is 0.0896 e. The number of unbranched alkanes of at least 4 members (excludes halogenated alkanes) is 1. The van der Waals surface area contributed by atoms with Gasteiger partial charge in [0.05, 0.1) is 17.1 Å². The fourth-order valence-electron chi connectivity index (χ4n) is 4.57. The van der Waals surface area contributed by atoms with E-state index in [1.54, 1.807) is 8.61 Å². The second-order valence-corrected chi connectivity index (χ2v) is 10.3. The van der Waals surface area contributed by atoms with E-state index in [4.69, 9.17) is 0 Å². The van der Waals surface area contributed by atoms with Crippen LogP contribution >= 0.6 is 11.0 Å². The Balaban J connectivity index is 1.33. The molecule has 31 heavy (non-hydrogen) atoms. The van der Waals surface area contributed by atoms with E-state index >= 15 is 0 Å². The molecule has 3 N–H and O–H groups in total. The van der Waals surface area contributed by atoms with Crippen molar-refractivity contribution in [2.75, 3.05) is 41.3 Å². The van der Waals surface area contributed by atoms with Crippen molar-refractivity contribution in [1.82, 2.24) is 10.2 Å². The summed E-state index contributed by atoms with van der Waals surface area (Å²) in [5, 5.41) is 3.70. The molecule has 0 radical (unpaired) electrons. The average molecular weight is 445 g/mol. The monoisotopic (exact) mass is 444 g/mol. The highest BCUT2D eigenvalue weighted by Crippen LogP contribution is 2.63. The summed E-state index contributed by atoms with van der Waals surface area (Å²) in [5.74, 6) is 0. The molecule has 0 unspecified atom stereocenters. The van der Waals surface area contributed by atoms with Crippen LogP contribution in [0.1, 0.15) is 39.0 Å². The number of nitrogens with one attached hydrogen (secondary N) is 1. The van der Waals surface area contributed by atoms with Crippen molar-refractivity contribution in [1.29, 1.82) is 0 Å². The molecule has 170 valence electrons. The predicted octanol–water partition coefficient (Wildman–Crippen LogP) is 5.47. The fourth-order valence-corrected chi connectivity index (χ4v) is 6.38. The van der Waals surface area contributed by atoms with Gasteiger partial charge in [-0.15, -0.1) is 0 Å². The van der Waals surface area contributed by atoms with E-state index in [1.165, 1.54) is 45.3 Å². The first-order chi connectivity index (χ1) is 15.1. The third kappa shape index (κ3) is 5.02. The topological polar surface area (TPSA) is 62.2 Å². The lowest BCUT2D eigenvalue weighted by molar-refractivity contribution is 0.195. The van der Waals surface area contributed by atoms with E-state index in [1.807, 2.05) is 54.6 Å². The molecular formula is C24H36N4O2S. The van der Waals surface area contributed by atoms with Crippen molar-refractivity contribution >= 4 is 28.0 Å². The lowest BCUT2D eigenvalue weighted by Crippen LogP contribution is -2.43. The number of hydrogen-bond acceptors (Lipinski definition) is 6. The minimum absolute atomic E-state index is 0.574. The van der Waals surface area contributed by atoms with Crippen LogP contribution in [0.15, 0.2) is 54.6 Å². The number of piperidine rings is 1. The quantitative estimate of drug-likeness (QED) is 0.446. The zero-order valence-electron chi connectivity index (χ0n) is 18.5. The second-order valence-electron chi connectivity index (χ2n) is 8.49. The third-order valence-corrected chi connectivity index (χ3v) is 8.16. The van der Waals surface area contributed by atoms with Crippen LogP contribution < -0.4 is 13.9 Å². The summed E-state index contributed by atoms with van der Waals surface area (Å²) in [6, 6.07) is 18.0. The minimum Gasteiger partial charge on any atom is -0.314 e. The summed E-state index contributed by atoms with van der Waals surface area (Å²) in [7, 11) is -3.13. The molecule has 0 bridgehead atoms. The molecular weight excluding hydrogens is 408 g/mol. The van der Waals surface area contributed by atoms with Gasteiger partial charge in [-0.05, 0) is 87.1 Å². The molecule has 0 amide bonds. The summed E-state index contributed by atoms with van der Waals surface area (Å²) in [4.78, 5) is 2.58. The van der Waals surface area contributed by atoms with Crippen molar-refractivity contribution < 1.29 is 9.11 Å². The summed E-state index contributed by atoms with van der Waals surface area (Å²) in [6.07, 6.45) is 5.82. The minimum atomic E-state index is -3.13. The van der Waals surface area contributed by atoms with E-state index in [0.29, 0.717) is 12.6 Å². The molecule has 0 aromatic heterocycles. The van der Waals surface area contributed by atoms with Gasteiger partial charge in [-0.3, -0.25) is 13.4 Å². The SMILES string of the molecule is CCCCN1CCC(NCCCN2c3ccccc3N(c3ccccc3)S2(O)O)CC1. The van der Waals surface area contributed by atoms with Crippen LogP contribution in [0.25, 0.3) is 0 Å². The van der Waals surface area contributed by atoms with Crippen LogP contribution in [0.2, 0.25) is 0 Å². The average Bonchev–Trinajstić information content (AvgIpc) is 3.02. The zero-order valence-corrected chi connectivity index (χ0v) is 19.3. The molecule has 4 rings (SSSR count). The first-order valence-electron chi connectivity index (χ1n) is 11.6. The van der Waals surface area contributed by atoms with Crippen molar-refractivity contribution in [3.63, 3.8) is 0 Å². The Hall–Kier alpha value is -1.77. The molecule has 0 aliphatic carbocycles. The normalized spacial score (nSPS) is 20.1. The summed E-state index contributed by atoms with van der Waals surface area (Å²) in [5.41, 5.74) is 2.53. The van der Waals surface area contributed by atoms with Crippen molar-refractivity contribution in [2.45, 2.75) is 45.1 Å². The molecule has 2 aromatic rings. The third-order valence-electron chi connectivity index (χ3n) is 6.29. The van der Waals surface area contributed by atoms with Crippen LogP contribution in [-0.2, 0) is 0 Å². The molecule has 1 saturated heterocycles.